The summed E-state index contributed by atoms with van der Waals surface area (Å²) in [6.07, 6.45) is 4.64. The van der Waals surface area contributed by atoms with Crippen LogP contribution in [0.4, 0.5) is 0 Å². The lowest BCUT2D eigenvalue weighted by Gasteiger charge is -2.26. The molecule has 2 aromatic rings. The minimum atomic E-state index is -0.492. The zero-order valence-corrected chi connectivity index (χ0v) is 16.3. The zero-order chi connectivity index (χ0) is 18.7. The van der Waals surface area contributed by atoms with Crippen LogP contribution < -0.4 is 10.9 Å². The molecule has 0 saturated carbocycles. The van der Waals surface area contributed by atoms with Crippen LogP contribution in [0, 0.1) is 0 Å². The van der Waals surface area contributed by atoms with Crippen molar-refractivity contribution in [2.75, 3.05) is 26.2 Å². The van der Waals surface area contributed by atoms with Gasteiger partial charge in [-0.05, 0) is 64.2 Å². The monoisotopic (exact) mass is 403 g/mol. The summed E-state index contributed by atoms with van der Waals surface area (Å²) >= 11 is 1.39. The van der Waals surface area contributed by atoms with Gasteiger partial charge in [0.05, 0.1) is 5.39 Å². The second-order valence-electron chi connectivity index (χ2n) is 7.14. The molecule has 3 heterocycles. The molecule has 0 spiro atoms. The van der Waals surface area contributed by atoms with E-state index in [4.69, 9.17) is 0 Å². The minimum absolute atomic E-state index is 0. The van der Waals surface area contributed by atoms with Gasteiger partial charge in [-0.15, -0.1) is 11.3 Å². The highest BCUT2D eigenvalue weighted by atomic mass is 32.1. The predicted molar refractivity (Wildman–Crippen MR) is 114 cm³/mol. The van der Waals surface area contributed by atoms with Crippen LogP contribution in [0.15, 0.2) is 16.2 Å². The quantitative estimate of drug-likeness (QED) is 0.572. The molecule has 1 aliphatic heterocycles. The lowest BCUT2D eigenvalue weighted by molar-refractivity contribution is 0.0946. The summed E-state index contributed by atoms with van der Waals surface area (Å²) in [5.74, 6) is -0.703. The van der Waals surface area contributed by atoms with Gasteiger partial charge in [0.15, 0.2) is 0 Å². The zero-order valence-electron chi connectivity index (χ0n) is 15.5. The van der Waals surface area contributed by atoms with E-state index in [-0.39, 0.29) is 40.4 Å². The molecule has 8 heteroatoms. The Morgan fingerprint density at radius 3 is 2.67 bits per heavy atom. The van der Waals surface area contributed by atoms with E-state index < -0.39 is 11.5 Å². The summed E-state index contributed by atoms with van der Waals surface area (Å²) in [6, 6.07) is 1.66. The summed E-state index contributed by atoms with van der Waals surface area (Å²) in [7, 11) is 0. The average molecular weight is 404 g/mol. The van der Waals surface area contributed by atoms with Crippen molar-refractivity contribution in [3.8, 4) is 5.75 Å². The number of pyridine rings is 1. The van der Waals surface area contributed by atoms with Crippen molar-refractivity contribution < 1.29 is 9.90 Å². The Bertz CT molecular complexity index is 841. The smallest absolute Gasteiger partial charge is 0.316 e. The molecule has 2 aromatic heterocycles. The molecule has 1 amide bonds. The minimum Gasteiger partial charge on any atom is -0.506 e. The Kier molecular flexibility index (Phi) is 8.14. The van der Waals surface area contributed by atoms with Gasteiger partial charge in [-0.3, -0.25) is 14.2 Å². The number of likely N-dealkylation sites (tertiary alicyclic amines) is 1. The molecule has 0 unspecified atom stereocenters. The first-order valence-electron chi connectivity index (χ1n) is 9.36. The van der Waals surface area contributed by atoms with E-state index in [1.54, 1.807) is 10.6 Å². The van der Waals surface area contributed by atoms with E-state index >= 15 is 0 Å². The van der Waals surface area contributed by atoms with Crippen LogP contribution in [0.3, 0.4) is 0 Å². The van der Waals surface area contributed by atoms with E-state index in [0.29, 0.717) is 16.8 Å². The van der Waals surface area contributed by atoms with Crippen molar-refractivity contribution in [3.63, 3.8) is 0 Å². The molecule has 0 aromatic carbocycles. The molecular formula is C19H29MgN3O3S. The van der Waals surface area contributed by atoms with Crippen molar-refractivity contribution in [2.45, 2.75) is 45.6 Å². The van der Waals surface area contributed by atoms with E-state index in [2.05, 4.69) is 10.2 Å². The molecule has 1 saturated heterocycles. The van der Waals surface area contributed by atoms with Gasteiger partial charge in [0.25, 0.3) is 11.5 Å². The van der Waals surface area contributed by atoms with E-state index in [1.807, 2.05) is 19.2 Å². The molecule has 0 bridgehead atoms. The normalized spacial score (nSPS) is 15.1. The second kappa shape index (κ2) is 9.91. The molecule has 2 N–H and O–H groups in total. The van der Waals surface area contributed by atoms with E-state index in [0.717, 1.165) is 26.1 Å². The largest absolute Gasteiger partial charge is 0.506 e. The van der Waals surface area contributed by atoms with Crippen LogP contribution in [-0.4, -0.2) is 69.7 Å². The Balaban J connectivity index is 0.00000261. The Labute approximate surface area is 179 Å². The summed E-state index contributed by atoms with van der Waals surface area (Å²) < 4.78 is 1.59. The van der Waals surface area contributed by atoms with E-state index in [9.17, 15) is 14.7 Å². The lowest BCUT2D eigenvalue weighted by atomic mass is 10.1. The SMILES string of the molecule is CC(C)n1c(=O)c(C(=O)NCCCN2CCCCC2)c(O)c2ccsc21.[MgH2]. The number of nitrogens with one attached hydrogen (secondary N) is 1. The highest BCUT2D eigenvalue weighted by Crippen LogP contribution is 2.31. The van der Waals surface area contributed by atoms with Crippen LogP contribution in [-0.2, 0) is 0 Å². The molecular weight excluding hydrogens is 375 g/mol. The van der Waals surface area contributed by atoms with Gasteiger partial charge in [-0.25, -0.2) is 0 Å². The number of amides is 1. The number of carbonyl (C=O) groups is 1. The van der Waals surface area contributed by atoms with Crippen LogP contribution >= 0.6 is 11.3 Å². The number of rotatable bonds is 6. The van der Waals surface area contributed by atoms with Gasteiger partial charge in [0.1, 0.15) is 16.1 Å². The maximum absolute atomic E-state index is 12.8. The standard InChI is InChI=1S/C19H27N3O3S.Mg.2H/c1-13(2)22-18(25)15(16(23)14-7-12-26-19(14)22)17(24)20-8-6-11-21-9-4-3-5-10-21;;;/h7,12-13,23H,3-6,8-11H2,1-2H3,(H,20,24);;;. The van der Waals surface area contributed by atoms with Crippen LogP contribution in [0.5, 0.6) is 5.75 Å². The lowest BCUT2D eigenvalue weighted by Crippen LogP contribution is -2.36. The van der Waals surface area contributed by atoms with Gasteiger partial charge in [-0.1, -0.05) is 6.42 Å². The molecule has 3 rings (SSSR count). The number of hydrogen-bond donors (Lipinski definition) is 2. The molecule has 146 valence electrons. The third kappa shape index (κ3) is 4.85. The topological polar surface area (TPSA) is 74.6 Å². The summed E-state index contributed by atoms with van der Waals surface area (Å²) in [4.78, 5) is 28.5. The number of aromatic nitrogens is 1. The first-order chi connectivity index (χ1) is 12.5. The van der Waals surface area contributed by atoms with Crippen LogP contribution in [0.25, 0.3) is 10.2 Å². The molecule has 6 nitrogen and oxygen atoms in total. The first kappa shape index (κ1) is 22.2. The molecule has 0 radical (unpaired) electrons. The van der Waals surface area contributed by atoms with Crippen LogP contribution in [0.1, 0.15) is 55.9 Å². The number of piperidine rings is 1. The molecule has 1 fully saturated rings. The third-order valence-corrected chi connectivity index (χ3v) is 5.83. The molecule has 27 heavy (non-hydrogen) atoms. The maximum Gasteiger partial charge on any atom is 0.316 e. The Morgan fingerprint density at radius 2 is 2.00 bits per heavy atom. The average Bonchev–Trinajstić information content (AvgIpc) is 3.09. The Morgan fingerprint density at radius 1 is 1.30 bits per heavy atom. The van der Waals surface area contributed by atoms with Crippen molar-refractivity contribution in [1.82, 2.24) is 14.8 Å². The fourth-order valence-electron chi connectivity index (χ4n) is 3.57. The number of thiophene rings is 1. The number of carbonyl (C=O) groups excluding carboxylic acids is 1. The molecule has 1 aliphatic rings. The van der Waals surface area contributed by atoms with Crippen LogP contribution in [0.2, 0.25) is 0 Å². The highest BCUT2D eigenvalue weighted by molar-refractivity contribution is 7.16. The number of fused-ring (bicyclic) bond motifs is 1. The van der Waals surface area contributed by atoms with Gasteiger partial charge in [0.2, 0.25) is 0 Å². The maximum atomic E-state index is 12.8. The van der Waals surface area contributed by atoms with Gasteiger partial charge in [0, 0.05) is 12.6 Å². The first-order valence-corrected chi connectivity index (χ1v) is 10.2. The van der Waals surface area contributed by atoms with Gasteiger partial charge < -0.3 is 15.3 Å². The molecule has 0 aliphatic carbocycles. The summed E-state index contributed by atoms with van der Waals surface area (Å²) in [5, 5.41) is 15.7. The Hall–Kier alpha value is -1.09. The number of aromatic hydroxyl groups is 1. The third-order valence-electron chi connectivity index (χ3n) is 4.92. The number of hydrogen-bond acceptors (Lipinski definition) is 5. The highest BCUT2D eigenvalue weighted by Gasteiger charge is 2.23. The summed E-state index contributed by atoms with van der Waals surface area (Å²) in [5.41, 5.74) is -0.580. The molecule has 0 atom stereocenters. The van der Waals surface area contributed by atoms with Crippen molar-refractivity contribution in [3.05, 3.63) is 27.4 Å². The second-order valence-corrected chi connectivity index (χ2v) is 8.04. The van der Waals surface area contributed by atoms with Crippen molar-refractivity contribution in [1.29, 1.82) is 0 Å². The van der Waals surface area contributed by atoms with Gasteiger partial charge >= 0.3 is 23.1 Å². The van der Waals surface area contributed by atoms with Crippen molar-refractivity contribution >= 4 is 50.5 Å². The number of nitrogens with zero attached hydrogens (tertiary/aromatic N) is 2. The van der Waals surface area contributed by atoms with E-state index in [1.165, 1.54) is 30.6 Å². The summed E-state index contributed by atoms with van der Waals surface area (Å²) in [6.45, 7) is 7.50. The fraction of sp³-hybridized carbons (Fsp3) is 0.579. The van der Waals surface area contributed by atoms with Crippen molar-refractivity contribution in [2.24, 2.45) is 0 Å². The predicted octanol–water partition coefficient (Wildman–Crippen LogP) is 2.04. The van der Waals surface area contributed by atoms with Gasteiger partial charge in [-0.2, -0.15) is 0 Å². The fourth-order valence-corrected chi connectivity index (χ4v) is 4.60.